The molecule has 6 nitrogen and oxygen atoms in total. The number of hydrazine groups is 1. The van der Waals surface area contributed by atoms with Crippen molar-refractivity contribution in [1.29, 1.82) is 0 Å². The van der Waals surface area contributed by atoms with Crippen LogP contribution in [-0.2, 0) is 4.74 Å². The van der Waals surface area contributed by atoms with E-state index < -0.39 is 0 Å². The van der Waals surface area contributed by atoms with Gasteiger partial charge in [-0.2, -0.15) is 0 Å². The van der Waals surface area contributed by atoms with E-state index >= 15 is 0 Å². The number of hydrogen-bond donors (Lipinski definition) is 2. The fourth-order valence-electron chi connectivity index (χ4n) is 2.22. The number of nitrogens with two attached hydrogens (primary N) is 1. The molecule has 112 valence electrons. The number of hydrogen-bond acceptors (Lipinski definition) is 5. The maximum absolute atomic E-state index is 12.7. The van der Waals surface area contributed by atoms with Gasteiger partial charge in [-0.25, -0.2) is 10.8 Å². The lowest BCUT2D eigenvalue weighted by Crippen LogP contribution is -2.38. The molecule has 0 saturated carbocycles. The number of aromatic nitrogens is 1. The third kappa shape index (κ3) is 2.96. The first kappa shape index (κ1) is 15.2. The molecule has 0 aliphatic heterocycles. The van der Waals surface area contributed by atoms with E-state index in [0.717, 1.165) is 10.8 Å². The molecule has 3 N–H and O–H groups in total. The highest BCUT2D eigenvalue weighted by Gasteiger charge is 2.20. The summed E-state index contributed by atoms with van der Waals surface area (Å²) in [5.74, 6) is 5.93. The summed E-state index contributed by atoms with van der Waals surface area (Å²) >= 11 is 0. The highest BCUT2D eigenvalue weighted by atomic mass is 16.5. The van der Waals surface area contributed by atoms with E-state index in [1.165, 1.54) is 0 Å². The van der Waals surface area contributed by atoms with Gasteiger partial charge in [-0.1, -0.05) is 24.3 Å². The van der Waals surface area contributed by atoms with Crippen LogP contribution in [0.3, 0.4) is 0 Å². The zero-order chi connectivity index (χ0) is 15.4. The largest absolute Gasteiger partial charge is 0.383 e. The molecular weight excluding hydrogens is 268 g/mol. The molecule has 21 heavy (non-hydrogen) atoms. The van der Waals surface area contributed by atoms with Crippen molar-refractivity contribution in [3.05, 3.63) is 36.0 Å². The molecule has 0 aliphatic rings. The Morgan fingerprint density at radius 3 is 2.71 bits per heavy atom. The average Bonchev–Trinajstić information content (AvgIpc) is 2.52. The van der Waals surface area contributed by atoms with Crippen LogP contribution in [-0.4, -0.2) is 42.6 Å². The number of amides is 1. The molecule has 0 aliphatic carbocycles. The van der Waals surface area contributed by atoms with Gasteiger partial charge in [-0.15, -0.1) is 0 Å². The molecule has 6 heteroatoms. The molecule has 1 atom stereocenters. The summed E-state index contributed by atoms with van der Waals surface area (Å²) < 4.78 is 5.10. The first-order valence-corrected chi connectivity index (χ1v) is 6.70. The number of anilines is 1. The van der Waals surface area contributed by atoms with Crippen molar-refractivity contribution >= 4 is 22.5 Å². The van der Waals surface area contributed by atoms with Crippen molar-refractivity contribution < 1.29 is 9.53 Å². The Kier molecular flexibility index (Phi) is 4.72. The highest BCUT2D eigenvalue weighted by molar-refractivity contribution is 6.09. The fraction of sp³-hybridized carbons (Fsp3) is 0.333. The van der Waals surface area contributed by atoms with E-state index in [1.807, 2.05) is 31.2 Å². The Labute approximate surface area is 123 Å². The van der Waals surface area contributed by atoms with Crippen LogP contribution >= 0.6 is 0 Å². The molecule has 2 aromatic rings. The highest BCUT2D eigenvalue weighted by Crippen LogP contribution is 2.24. The second kappa shape index (κ2) is 6.51. The smallest absolute Gasteiger partial charge is 0.256 e. The van der Waals surface area contributed by atoms with Crippen molar-refractivity contribution in [3.63, 3.8) is 0 Å². The maximum atomic E-state index is 12.7. The summed E-state index contributed by atoms with van der Waals surface area (Å²) in [5.41, 5.74) is 3.10. The van der Waals surface area contributed by atoms with Gasteiger partial charge in [0, 0.05) is 25.7 Å². The first-order chi connectivity index (χ1) is 10.1. The van der Waals surface area contributed by atoms with Crippen LogP contribution in [0.4, 0.5) is 5.82 Å². The topological polar surface area (TPSA) is 80.5 Å². The third-order valence-corrected chi connectivity index (χ3v) is 3.55. The summed E-state index contributed by atoms with van der Waals surface area (Å²) in [6.07, 6.45) is 1.55. The van der Waals surface area contributed by atoms with Crippen molar-refractivity contribution in [1.82, 2.24) is 9.88 Å². The number of nitrogens with zero attached hydrogens (tertiary/aromatic N) is 2. The van der Waals surface area contributed by atoms with Gasteiger partial charge in [0.2, 0.25) is 0 Å². The normalized spacial score (nSPS) is 12.2. The lowest BCUT2D eigenvalue weighted by molar-refractivity contribution is 0.0635. The molecule has 2 rings (SSSR count). The summed E-state index contributed by atoms with van der Waals surface area (Å²) in [6, 6.07) is 7.52. The van der Waals surface area contributed by atoms with Crippen LogP contribution in [0.5, 0.6) is 0 Å². The van der Waals surface area contributed by atoms with Crippen LogP contribution in [0.1, 0.15) is 17.3 Å². The number of nitrogen functional groups attached to an aromatic ring is 1. The van der Waals surface area contributed by atoms with E-state index in [2.05, 4.69) is 10.4 Å². The number of carbonyl (C=O) groups excluding carboxylic acids is 1. The summed E-state index contributed by atoms with van der Waals surface area (Å²) in [4.78, 5) is 18.5. The summed E-state index contributed by atoms with van der Waals surface area (Å²) in [7, 11) is 3.38. The van der Waals surface area contributed by atoms with Gasteiger partial charge in [0.25, 0.3) is 5.91 Å². The second-order valence-corrected chi connectivity index (χ2v) is 4.93. The van der Waals surface area contributed by atoms with Gasteiger partial charge in [0.05, 0.1) is 18.2 Å². The molecule has 0 saturated heterocycles. The lowest BCUT2D eigenvalue weighted by atomic mass is 10.1. The third-order valence-electron chi connectivity index (χ3n) is 3.55. The molecule has 1 amide bonds. The van der Waals surface area contributed by atoms with Gasteiger partial charge in [-0.05, 0) is 12.3 Å². The molecule has 0 spiro atoms. The molecule has 0 fully saturated rings. The standard InChI is InChI=1S/C15H20N4O2/c1-10(9-21-3)19(2)15(20)13-8-17-14(18-16)12-7-5-4-6-11(12)13/h4-8,10H,9,16H2,1-3H3,(H,17,18). The zero-order valence-corrected chi connectivity index (χ0v) is 12.5. The molecule has 0 bridgehead atoms. The van der Waals surface area contributed by atoms with Crippen LogP contribution in [0.2, 0.25) is 0 Å². The Morgan fingerprint density at radius 1 is 1.43 bits per heavy atom. The molecule has 1 aromatic carbocycles. The van der Waals surface area contributed by atoms with E-state index in [1.54, 1.807) is 25.3 Å². The van der Waals surface area contributed by atoms with Gasteiger partial charge < -0.3 is 15.1 Å². The number of likely N-dealkylation sites (N-methyl/N-ethyl adjacent to an activating group) is 1. The van der Waals surface area contributed by atoms with Crippen molar-refractivity contribution in [3.8, 4) is 0 Å². The Morgan fingerprint density at radius 2 is 2.10 bits per heavy atom. The van der Waals surface area contributed by atoms with Crippen LogP contribution in [0.25, 0.3) is 10.8 Å². The minimum atomic E-state index is -0.0909. The van der Waals surface area contributed by atoms with Crippen LogP contribution < -0.4 is 11.3 Å². The zero-order valence-electron chi connectivity index (χ0n) is 12.5. The van der Waals surface area contributed by atoms with E-state index in [-0.39, 0.29) is 11.9 Å². The van der Waals surface area contributed by atoms with Gasteiger partial charge in [-0.3, -0.25) is 4.79 Å². The fourth-order valence-corrected chi connectivity index (χ4v) is 2.22. The number of rotatable bonds is 5. The van der Waals surface area contributed by atoms with Crippen molar-refractivity contribution in [2.45, 2.75) is 13.0 Å². The second-order valence-electron chi connectivity index (χ2n) is 4.93. The van der Waals surface area contributed by atoms with Gasteiger partial charge in [0.1, 0.15) is 5.82 Å². The maximum Gasteiger partial charge on any atom is 0.256 e. The van der Waals surface area contributed by atoms with E-state index in [0.29, 0.717) is 18.0 Å². The molecular formula is C15H20N4O2. The van der Waals surface area contributed by atoms with Crippen molar-refractivity contribution in [2.24, 2.45) is 5.84 Å². The minimum absolute atomic E-state index is 0.0198. The Hall–Kier alpha value is -2.18. The van der Waals surface area contributed by atoms with Gasteiger partial charge in [0.15, 0.2) is 0 Å². The monoisotopic (exact) mass is 288 g/mol. The van der Waals surface area contributed by atoms with Crippen LogP contribution in [0, 0.1) is 0 Å². The summed E-state index contributed by atoms with van der Waals surface area (Å²) in [5, 5.41) is 1.64. The number of carbonyl (C=O) groups is 1. The number of benzene rings is 1. The number of pyridine rings is 1. The molecule has 1 aromatic heterocycles. The van der Waals surface area contributed by atoms with E-state index in [4.69, 9.17) is 10.6 Å². The lowest BCUT2D eigenvalue weighted by Gasteiger charge is -2.25. The summed E-state index contributed by atoms with van der Waals surface area (Å²) in [6.45, 7) is 2.42. The average molecular weight is 288 g/mol. The van der Waals surface area contributed by atoms with Crippen molar-refractivity contribution in [2.75, 3.05) is 26.2 Å². The SMILES string of the molecule is COCC(C)N(C)C(=O)c1cnc(NN)c2ccccc12. The Balaban J connectivity index is 2.45. The molecule has 1 unspecified atom stereocenters. The quantitative estimate of drug-likeness (QED) is 0.645. The number of methoxy groups -OCH3 is 1. The first-order valence-electron chi connectivity index (χ1n) is 6.70. The predicted molar refractivity (Wildman–Crippen MR) is 83.0 cm³/mol. The molecule has 0 radical (unpaired) electrons. The van der Waals surface area contributed by atoms with Crippen LogP contribution in [0.15, 0.2) is 30.5 Å². The van der Waals surface area contributed by atoms with E-state index in [9.17, 15) is 4.79 Å². The molecule has 1 heterocycles. The minimum Gasteiger partial charge on any atom is -0.383 e. The number of fused-ring (bicyclic) bond motifs is 1. The number of ether oxygens (including phenoxy) is 1. The number of nitrogens with one attached hydrogen (secondary N) is 1. The predicted octanol–water partition coefficient (Wildman–Crippen LogP) is 1.63. The Bertz CT molecular complexity index is 645. The van der Waals surface area contributed by atoms with Gasteiger partial charge >= 0.3 is 0 Å².